The van der Waals surface area contributed by atoms with Crippen LogP contribution in [0.1, 0.15) is 51.3 Å². The van der Waals surface area contributed by atoms with E-state index in [1.54, 1.807) is 35.2 Å². The highest BCUT2D eigenvalue weighted by molar-refractivity contribution is 7.98. The molecule has 188 valence electrons. The predicted molar refractivity (Wildman–Crippen MR) is 132 cm³/mol. The average molecular weight is 505 g/mol. The van der Waals surface area contributed by atoms with Crippen LogP contribution in [0.15, 0.2) is 35.5 Å². The Hall–Kier alpha value is -2.95. The number of nitrogens with one attached hydrogen (secondary N) is 1. The molecule has 1 unspecified atom stereocenters. The van der Waals surface area contributed by atoms with E-state index >= 15 is 0 Å². The van der Waals surface area contributed by atoms with Crippen LogP contribution < -0.4 is 5.32 Å². The molecule has 1 saturated heterocycles. The summed E-state index contributed by atoms with van der Waals surface area (Å²) in [6, 6.07) is 8.77. The third-order valence-electron chi connectivity index (χ3n) is 5.95. The Morgan fingerprint density at radius 2 is 2.06 bits per heavy atom. The molecule has 0 bridgehead atoms. The Bertz CT molecular complexity index is 1160. The molecule has 1 N–H and O–H groups in total. The molecule has 1 aliphatic heterocycles. The number of rotatable bonds is 8. The van der Waals surface area contributed by atoms with E-state index in [0.717, 1.165) is 32.1 Å². The number of ether oxygens (including phenoxy) is 1. The highest BCUT2D eigenvalue weighted by Crippen LogP contribution is 2.29. The lowest BCUT2D eigenvalue weighted by Gasteiger charge is -2.21. The zero-order chi connectivity index (χ0) is 24.8. The van der Waals surface area contributed by atoms with Gasteiger partial charge in [-0.1, -0.05) is 37.2 Å². The number of unbranched alkanes of at least 4 members (excludes halogenated alkanes) is 1. The maximum absolute atomic E-state index is 13.9. The lowest BCUT2D eigenvalue weighted by Crippen LogP contribution is -2.33. The van der Waals surface area contributed by atoms with Crippen LogP contribution in [0.25, 0.3) is 16.9 Å². The van der Waals surface area contributed by atoms with E-state index in [4.69, 9.17) is 4.74 Å². The molecule has 0 aliphatic carbocycles. The van der Waals surface area contributed by atoms with Gasteiger partial charge in [-0.05, 0) is 44.1 Å². The molecule has 2 aromatic heterocycles. The molecule has 1 amide bonds. The minimum atomic E-state index is -2.75. The van der Waals surface area contributed by atoms with Gasteiger partial charge in [-0.15, -0.1) is 0 Å². The number of aromatic nitrogens is 4. The third-order valence-corrected chi connectivity index (χ3v) is 6.50. The zero-order valence-electron chi connectivity index (χ0n) is 19.9. The lowest BCUT2D eigenvalue weighted by molar-refractivity contribution is 0.102. The maximum Gasteiger partial charge on any atom is 0.409 e. The van der Waals surface area contributed by atoms with Crippen molar-refractivity contribution in [1.82, 2.24) is 24.4 Å². The van der Waals surface area contributed by atoms with Gasteiger partial charge in [0.1, 0.15) is 11.6 Å². The van der Waals surface area contributed by atoms with E-state index in [9.17, 15) is 13.6 Å². The van der Waals surface area contributed by atoms with Gasteiger partial charge in [-0.3, -0.25) is 4.57 Å². The van der Waals surface area contributed by atoms with Crippen molar-refractivity contribution >= 4 is 34.7 Å². The summed E-state index contributed by atoms with van der Waals surface area (Å²) in [4.78, 5) is 27.3. The van der Waals surface area contributed by atoms with Crippen molar-refractivity contribution in [2.75, 3.05) is 31.3 Å². The van der Waals surface area contributed by atoms with Crippen LogP contribution >= 0.6 is 11.8 Å². The quantitative estimate of drug-likeness (QED) is 0.240. The summed E-state index contributed by atoms with van der Waals surface area (Å²) in [5.74, 6) is 0.543. The summed E-state index contributed by atoms with van der Waals surface area (Å²) in [5, 5.41) is 3.91. The van der Waals surface area contributed by atoms with E-state index in [2.05, 4.69) is 27.2 Å². The first-order valence-corrected chi connectivity index (χ1v) is 13.1. The van der Waals surface area contributed by atoms with Gasteiger partial charge < -0.3 is 15.0 Å². The van der Waals surface area contributed by atoms with Crippen molar-refractivity contribution in [2.24, 2.45) is 0 Å². The number of alkyl halides is 2. The lowest BCUT2D eigenvalue weighted by atomic mass is 10.1. The monoisotopic (exact) mass is 504 g/mol. The zero-order valence-corrected chi connectivity index (χ0v) is 20.7. The van der Waals surface area contributed by atoms with Gasteiger partial charge in [-0.2, -0.15) is 0 Å². The second kappa shape index (κ2) is 11.7. The first-order valence-electron chi connectivity index (χ1n) is 11.9. The molecule has 1 fully saturated rings. The number of hydrogen-bond donors (Lipinski definition) is 1. The van der Waals surface area contributed by atoms with Gasteiger partial charge >= 0.3 is 6.09 Å². The van der Waals surface area contributed by atoms with E-state index in [1.807, 2.05) is 6.26 Å². The number of carbonyl (C=O) groups excluding carboxylic acids is 1. The fourth-order valence-corrected chi connectivity index (χ4v) is 4.53. The maximum atomic E-state index is 13.9. The first kappa shape index (κ1) is 25.2. The molecule has 11 heteroatoms. The summed E-state index contributed by atoms with van der Waals surface area (Å²) in [5.41, 5.74) is 1.04. The van der Waals surface area contributed by atoms with Crippen LogP contribution in [0, 0.1) is 0 Å². The summed E-state index contributed by atoms with van der Waals surface area (Å²) in [6.07, 6.45) is 3.07. The predicted octanol–water partition coefficient (Wildman–Crippen LogP) is 5.68. The SMILES string of the molecule is CCCCOC(=O)N1CCCC(Nc2cc(-n3c(C(F)F)nc4ccccc43)nc(SC)n2)CC1. The van der Waals surface area contributed by atoms with Gasteiger partial charge in [0.25, 0.3) is 6.43 Å². The number of thioether (sulfide) groups is 1. The van der Waals surface area contributed by atoms with E-state index in [0.29, 0.717) is 47.5 Å². The van der Waals surface area contributed by atoms with Crippen molar-refractivity contribution in [1.29, 1.82) is 0 Å². The highest BCUT2D eigenvalue weighted by Gasteiger charge is 2.24. The number of para-hydroxylation sites is 2. The number of halogens is 2. The molecule has 8 nitrogen and oxygen atoms in total. The van der Waals surface area contributed by atoms with E-state index < -0.39 is 6.43 Å². The molecule has 0 spiro atoms. The number of imidazole rings is 1. The molecule has 3 heterocycles. The summed E-state index contributed by atoms with van der Waals surface area (Å²) >= 11 is 1.34. The van der Waals surface area contributed by atoms with Gasteiger partial charge in [0.05, 0.1) is 17.6 Å². The normalized spacial score (nSPS) is 16.5. The van der Waals surface area contributed by atoms with Crippen molar-refractivity contribution in [2.45, 2.75) is 56.7 Å². The molecule has 0 saturated carbocycles. The van der Waals surface area contributed by atoms with Gasteiger partial charge in [0.2, 0.25) is 0 Å². The number of benzene rings is 1. The molecule has 3 aromatic rings. The molecule has 0 radical (unpaired) electrons. The topological polar surface area (TPSA) is 85.2 Å². The van der Waals surface area contributed by atoms with Crippen LogP contribution in [0.4, 0.5) is 19.4 Å². The average Bonchev–Trinajstić information content (AvgIpc) is 3.10. The molecule has 1 aromatic carbocycles. The number of nitrogens with zero attached hydrogens (tertiary/aromatic N) is 5. The fourth-order valence-electron chi connectivity index (χ4n) is 4.15. The van der Waals surface area contributed by atoms with Gasteiger partial charge in [0.15, 0.2) is 11.0 Å². The smallest absolute Gasteiger partial charge is 0.409 e. The fraction of sp³-hybridized carbons (Fsp3) is 0.500. The van der Waals surface area contributed by atoms with Crippen LogP contribution in [0.2, 0.25) is 0 Å². The Morgan fingerprint density at radius 3 is 2.83 bits per heavy atom. The number of carbonyl (C=O) groups is 1. The number of hydrogen-bond acceptors (Lipinski definition) is 7. The number of likely N-dealkylation sites (tertiary alicyclic amines) is 1. The minimum Gasteiger partial charge on any atom is -0.449 e. The van der Waals surface area contributed by atoms with Crippen LogP contribution in [0.5, 0.6) is 0 Å². The van der Waals surface area contributed by atoms with Crippen molar-refractivity contribution in [3.8, 4) is 5.82 Å². The Labute approximate surface area is 207 Å². The molecule has 35 heavy (non-hydrogen) atoms. The van der Waals surface area contributed by atoms with Gasteiger partial charge in [-0.25, -0.2) is 28.5 Å². The highest BCUT2D eigenvalue weighted by atomic mass is 32.2. The second-order valence-corrected chi connectivity index (χ2v) is 9.19. The Morgan fingerprint density at radius 1 is 1.23 bits per heavy atom. The standard InChI is InChI=1S/C24H30F2N6O2S/c1-3-4-14-34-24(33)31-12-7-8-16(11-13-31)27-19-15-20(30-23(29-19)35-2)32-18-10-6-5-9-17(18)28-22(32)21(25)26/h5-6,9-10,15-16,21H,3-4,7-8,11-14H2,1-2H3,(H,27,29,30). The Balaban J connectivity index is 1.54. The number of fused-ring (bicyclic) bond motifs is 1. The van der Waals surface area contributed by atoms with Gasteiger partial charge in [0, 0.05) is 25.2 Å². The molecular formula is C24H30F2N6O2S. The summed E-state index contributed by atoms with van der Waals surface area (Å²) in [7, 11) is 0. The number of anilines is 1. The summed E-state index contributed by atoms with van der Waals surface area (Å²) in [6.45, 7) is 3.73. The molecule has 1 aliphatic rings. The third kappa shape index (κ3) is 6.01. The van der Waals surface area contributed by atoms with Crippen LogP contribution in [-0.4, -0.2) is 62.5 Å². The largest absolute Gasteiger partial charge is 0.449 e. The first-order chi connectivity index (χ1) is 17.0. The Kier molecular flexibility index (Phi) is 8.37. The molecule has 4 rings (SSSR count). The summed E-state index contributed by atoms with van der Waals surface area (Å²) < 4.78 is 34.5. The van der Waals surface area contributed by atoms with Crippen molar-refractivity contribution in [3.05, 3.63) is 36.2 Å². The second-order valence-electron chi connectivity index (χ2n) is 8.42. The van der Waals surface area contributed by atoms with E-state index in [-0.39, 0.29) is 18.0 Å². The molecule has 1 atom stereocenters. The van der Waals surface area contributed by atoms with Crippen LogP contribution in [0.3, 0.4) is 0 Å². The van der Waals surface area contributed by atoms with E-state index in [1.165, 1.54) is 16.3 Å². The minimum absolute atomic E-state index is 0.0787. The van der Waals surface area contributed by atoms with Crippen molar-refractivity contribution < 1.29 is 18.3 Å². The van der Waals surface area contributed by atoms with Crippen molar-refractivity contribution in [3.63, 3.8) is 0 Å². The van der Waals surface area contributed by atoms with Crippen LogP contribution in [-0.2, 0) is 4.74 Å². The number of amides is 1. The molecular weight excluding hydrogens is 474 g/mol.